The first kappa shape index (κ1) is 17.8. The van der Waals surface area contributed by atoms with Crippen LogP contribution in [-0.4, -0.2) is 27.6 Å². The number of hydrogen-bond acceptors (Lipinski definition) is 4. The van der Waals surface area contributed by atoms with Crippen molar-refractivity contribution in [2.75, 3.05) is 12.4 Å². The van der Waals surface area contributed by atoms with Gasteiger partial charge in [0.1, 0.15) is 0 Å². The Morgan fingerprint density at radius 2 is 2.04 bits per heavy atom. The summed E-state index contributed by atoms with van der Waals surface area (Å²) in [6, 6.07) is 6.26. The van der Waals surface area contributed by atoms with Crippen molar-refractivity contribution in [3.8, 4) is 5.75 Å². The highest BCUT2D eigenvalue weighted by Gasteiger charge is 2.13. The number of aryl methyl sites for hydroxylation is 3. The fourth-order valence-electron chi connectivity index (χ4n) is 3.01. The van der Waals surface area contributed by atoms with Gasteiger partial charge in [0.25, 0.3) is 0 Å². The summed E-state index contributed by atoms with van der Waals surface area (Å²) in [7, 11) is 1.40. The molecule has 0 atom stereocenters. The Bertz CT molecular complexity index is 981. The Balaban J connectivity index is 1.71. The zero-order chi connectivity index (χ0) is 18.8. The van der Waals surface area contributed by atoms with E-state index in [0.29, 0.717) is 12.1 Å². The maximum atomic E-state index is 13.7. The van der Waals surface area contributed by atoms with Gasteiger partial charge in [-0.1, -0.05) is 0 Å². The molecule has 0 saturated carbocycles. The normalized spacial score (nSPS) is 11.0. The number of nitrogens with zero attached hydrogens (tertiary/aromatic N) is 3. The maximum absolute atomic E-state index is 13.7. The van der Waals surface area contributed by atoms with Crippen LogP contribution in [0.15, 0.2) is 24.3 Å². The van der Waals surface area contributed by atoms with Crippen LogP contribution >= 0.6 is 0 Å². The Morgan fingerprint density at radius 3 is 2.73 bits per heavy atom. The first-order valence-electron chi connectivity index (χ1n) is 8.35. The number of aromatic nitrogens is 3. The highest BCUT2D eigenvalue weighted by Crippen LogP contribution is 2.21. The van der Waals surface area contributed by atoms with Crippen LogP contribution in [0.2, 0.25) is 0 Å². The molecule has 0 bridgehead atoms. The van der Waals surface area contributed by atoms with Gasteiger partial charge in [-0.2, -0.15) is 5.10 Å². The van der Waals surface area contributed by atoms with Crippen LogP contribution < -0.4 is 10.1 Å². The van der Waals surface area contributed by atoms with E-state index in [1.54, 1.807) is 10.6 Å². The molecule has 2 heterocycles. The van der Waals surface area contributed by atoms with Crippen molar-refractivity contribution >= 4 is 17.2 Å². The van der Waals surface area contributed by atoms with Crippen LogP contribution in [0.3, 0.4) is 0 Å². The number of hydrogen-bond donors (Lipinski definition) is 1. The molecule has 7 heteroatoms. The molecule has 0 aliphatic heterocycles. The highest BCUT2D eigenvalue weighted by atomic mass is 19.1. The molecule has 0 aliphatic rings. The minimum atomic E-state index is -0.513. The number of carbonyl (C=O) groups excluding carboxylic acids is 1. The lowest BCUT2D eigenvalue weighted by molar-refractivity contribution is -0.116. The van der Waals surface area contributed by atoms with E-state index in [2.05, 4.69) is 15.4 Å². The van der Waals surface area contributed by atoms with E-state index in [0.717, 1.165) is 28.3 Å². The standard InChI is InChI=1S/C19H21FN4O2/c1-11-9-18-21-12(2)15(13(3)24(18)23-11)6-8-19(25)22-14-5-7-17(26-4)16(20)10-14/h5,7,9-10H,6,8H2,1-4H3,(H,22,25). The third-order valence-electron chi connectivity index (χ3n) is 4.32. The summed E-state index contributed by atoms with van der Waals surface area (Å²) < 4.78 is 20.4. The molecule has 0 fully saturated rings. The monoisotopic (exact) mass is 356 g/mol. The molecular formula is C19H21FN4O2. The minimum absolute atomic E-state index is 0.142. The first-order valence-corrected chi connectivity index (χ1v) is 8.35. The van der Waals surface area contributed by atoms with E-state index in [-0.39, 0.29) is 18.1 Å². The van der Waals surface area contributed by atoms with Crippen molar-refractivity contribution in [2.24, 2.45) is 0 Å². The number of carbonyl (C=O) groups is 1. The number of methoxy groups -OCH3 is 1. The third kappa shape index (κ3) is 3.51. The molecule has 2 aromatic heterocycles. The number of halogens is 1. The number of amides is 1. The summed E-state index contributed by atoms with van der Waals surface area (Å²) in [5.74, 6) is -0.561. The summed E-state index contributed by atoms with van der Waals surface area (Å²) >= 11 is 0. The Labute approximate surface area is 151 Å². The Morgan fingerprint density at radius 1 is 1.27 bits per heavy atom. The van der Waals surface area contributed by atoms with Crippen molar-refractivity contribution in [3.63, 3.8) is 0 Å². The summed E-state index contributed by atoms with van der Waals surface area (Å²) in [4.78, 5) is 16.8. The fourth-order valence-corrected chi connectivity index (χ4v) is 3.01. The van der Waals surface area contributed by atoms with Crippen LogP contribution in [0, 0.1) is 26.6 Å². The van der Waals surface area contributed by atoms with E-state index in [9.17, 15) is 9.18 Å². The quantitative estimate of drug-likeness (QED) is 0.761. The molecule has 1 aromatic carbocycles. The van der Waals surface area contributed by atoms with E-state index >= 15 is 0 Å². The fraction of sp³-hybridized carbons (Fsp3) is 0.316. The highest BCUT2D eigenvalue weighted by molar-refractivity contribution is 5.90. The smallest absolute Gasteiger partial charge is 0.224 e. The van der Waals surface area contributed by atoms with Gasteiger partial charge in [-0.3, -0.25) is 4.79 Å². The van der Waals surface area contributed by atoms with Crippen molar-refractivity contribution in [1.82, 2.24) is 14.6 Å². The lowest BCUT2D eigenvalue weighted by atomic mass is 10.1. The van der Waals surface area contributed by atoms with Crippen LogP contribution in [0.25, 0.3) is 5.65 Å². The molecule has 3 rings (SSSR count). The topological polar surface area (TPSA) is 68.5 Å². The molecular weight excluding hydrogens is 335 g/mol. The van der Waals surface area contributed by atoms with Gasteiger partial charge >= 0.3 is 0 Å². The van der Waals surface area contributed by atoms with Crippen LogP contribution in [0.5, 0.6) is 5.75 Å². The average molecular weight is 356 g/mol. The number of benzene rings is 1. The molecule has 136 valence electrons. The van der Waals surface area contributed by atoms with Gasteiger partial charge in [0.15, 0.2) is 17.2 Å². The molecule has 6 nitrogen and oxygen atoms in total. The van der Waals surface area contributed by atoms with Gasteiger partial charge in [0.2, 0.25) is 5.91 Å². The minimum Gasteiger partial charge on any atom is -0.494 e. The lowest BCUT2D eigenvalue weighted by Crippen LogP contribution is -2.14. The first-order chi connectivity index (χ1) is 12.4. The van der Waals surface area contributed by atoms with Crippen molar-refractivity contribution < 1.29 is 13.9 Å². The van der Waals surface area contributed by atoms with Gasteiger partial charge in [0.05, 0.1) is 12.8 Å². The summed E-state index contributed by atoms with van der Waals surface area (Å²) in [5.41, 5.74) is 4.97. The van der Waals surface area contributed by atoms with Crippen molar-refractivity contribution in [3.05, 3.63) is 52.7 Å². The third-order valence-corrected chi connectivity index (χ3v) is 4.32. The Hall–Kier alpha value is -2.96. The maximum Gasteiger partial charge on any atom is 0.224 e. The number of anilines is 1. The molecule has 1 amide bonds. The molecule has 0 saturated heterocycles. The van der Waals surface area contributed by atoms with E-state index in [1.807, 2.05) is 26.8 Å². The predicted octanol–water partition coefficient (Wildman–Crippen LogP) is 3.37. The predicted molar refractivity (Wildman–Crippen MR) is 97.1 cm³/mol. The molecule has 0 spiro atoms. The second-order valence-electron chi connectivity index (χ2n) is 6.21. The average Bonchev–Trinajstić information content (AvgIpc) is 2.95. The van der Waals surface area contributed by atoms with Gasteiger partial charge in [-0.25, -0.2) is 13.9 Å². The second kappa shape index (κ2) is 7.11. The van der Waals surface area contributed by atoms with Gasteiger partial charge < -0.3 is 10.1 Å². The molecule has 1 N–H and O–H groups in total. The Kier molecular flexibility index (Phi) is 4.88. The molecule has 0 radical (unpaired) electrons. The van der Waals surface area contributed by atoms with Gasteiger partial charge in [-0.15, -0.1) is 0 Å². The lowest BCUT2D eigenvalue weighted by Gasteiger charge is -2.11. The van der Waals surface area contributed by atoms with E-state index in [4.69, 9.17) is 4.74 Å². The number of rotatable bonds is 5. The number of ether oxygens (including phenoxy) is 1. The second-order valence-corrected chi connectivity index (χ2v) is 6.21. The molecule has 26 heavy (non-hydrogen) atoms. The SMILES string of the molecule is COc1ccc(NC(=O)CCc2c(C)nc3cc(C)nn3c2C)cc1F. The van der Waals surface area contributed by atoms with Crippen molar-refractivity contribution in [1.29, 1.82) is 0 Å². The van der Waals surface area contributed by atoms with Gasteiger partial charge in [0, 0.05) is 35.6 Å². The zero-order valence-electron chi connectivity index (χ0n) is 15.3. The van der Waals surface area contributed by atoms with Crippen LogP contribution in [-0.2, 0) is 11.2 Å². The molecule has 0 aliphatic carbocycles. The summed E-state index contributed by atoms with van der Waals surface area (Å²) in [5, 5.41) is 7.14. The van der Waals surface area contributed by atoms with Crippen LogP contribution in [0.1, 0.15) is 29.1 Å². The number of fused-ring (bicyclic) bond motifs is 1. The zero-order valence-corrected chi connectivity index (χ0v) is 15.3. The largest absolute Gasteiger partial charge is 0.494 e. The van der Waals surface area contributed by atoms with Crippen LogP contribution in [0.4, 0.5) is 10.1 Å². The summed E-state index contributed by atoms with van der Waals surface area (Å²) in [6.07, 6.45) is 0.798. The summed E-state index contributed by atoms with van der Waals surface area (Å²) in [6.45, 7) is 5.83. The van der Waals surface area contributed by atoms with Crippen molar-refractivity contribution in [2.45, 2.75) is 33.6 Å². The molecule has 0 unspecified atom stereocenters. The number of nitrogens with one attached hydrogen (secondary N) is 1. The van der Waals surface area contributed by atoms with E-state index < -0.39 is 5.82 Å². The molecule has 3 aromatic rings. The van der Waals surface area contributed by atoms with Gasteiger partial charge in [-0.05, 0) is 44.9 Å². The van der Waals surface area contributed by atoms with E-state index in [1.165, 1.54) is 19.2 Å².